The summed E-state index contributed by atoms with van der Waals surface area (Å²) in [6.07, 6.45) is -8.70. The Balaban J connectivity index is 1.22. The number of aliphatic hydroxyl groups is 1. The fraction of sp³-hybridized carbons (Fsp3) is 0.345. The summed E-state index contributed by atoms with van der Waals surface area (Å²) in [4.78, 5) is 3.26. The minimum atomic E-state index is -1.35. The van der Waals surface area contributed by atoms with E-state index < -0.39 is 67.3 Å². The molecule has 72 heavy (non-hydrogen) atoms. The lowest BCUT2D eigenvalue weighted by Gasteiger charge is -2.51. The smallest absolute Gasteiger partial charge is 0.169 e. The van der Waals surface area contributed by atoms with Crippen LogP contribution in [0.3, 0.4) is 0 Å². The maximum atomic E-state index is 12.1. The Kier molecular flexibility index (Phi) is 19.9. The molecule has 14 heteroatoms. The fourth-order valence-electron chi connectivity index (χ4n) is 8.94. The number of rotatable bonds is 26. The number of ether oxygens (including phenoxy) is 10. The van der Waals surface area contributed by atoms with Crippen molar-refractivity contribution in [2.24, 2.45) is 5.11 Å². The Labute approximate surface area is 421 Å². The first-order valence-corrected chi connectivity index (χ1v) is 24.2. The zero-order valence-electron chi connectivity index (χ0n) is 40.4. The molecule has 376 valence electrons. The first-order valence-electron chi connectivity index (χ1n) is 24.2. The molecule has 1 aliphatic carbocycles. The van der Waals surface area contributed by atoms with E-state index in [-0.39, 0.29) is 52.9 Å². The zero-order valence-corrected chi connectivity index (χ0v) is 40.4. The van der Waals surface area contributed by atoms with Crippen molar-refractivity contribution in [1.82, 2.24) is 0 Å². The SMILES string of the molecule is C=CCO[C@@H]1[C@H](OCc2ccccc2)[C@@H](OCc2ccccc2)[C@H](OCc2ccccc2)[C@@H](O[C@H]2O[C@H](COCc3ccccc3)[C@@H](O)[C@H](OCc3ccccc3)[C@H]2N=[N+]=[N-])[C@@H]1OCc1ccc(OC)cc1. The second-order valence-corrected chi connectivity index (χ2v) is 17.6. The van der Waals surface area contributed by atoms with Crippen LogP contribution in [0.5, 0.6) is 5.75 Å². The van der Waals surface area contributed by atoms with Gasteiger partial charge in [0.25, 0.3) is 0 Å². The average molecular weight is 978 g/mol. The van der Waals surface area contributed by atoms with Crippen LogP contribution in [0.1, 0.15) is 33.4 Å². The Bertz CT molecular complexity index is 2530. The Morgan fingerprint density at radius 2 is 0.889 bits per heavy atom. The number of azide groups is 1. The van der Waals surface area contributed by atoms with Crippen LogP contribution in [0.15, 0.2) is 194 Å². The molecule has 6 aromatic carbocycles. The molecule has 0 spiro atoms. The van der Waals surface area contributed by atoms with Crippen LogP contribution in [-0.4, -0.2) is 92.7 Å². The van der Waals surface area contributed by atoms with Crippen LogP contribution >= 0.6 is 0 Å². The summed E-state index contributed by atoms with van der Waals surface area (Å²) in [6.45, 7) is 5.06. The van der Waals surface area contributed by atoms with Crippen molar-refractivity contribution in [2.75, 3.05) is 20.3 Å². The van der Waals surface area contributed by atoms with Gasteiger partial charge >= 0.3 is 0 Å². The van der Waals surface area contributed by atoms with Gasteiger partial charge in [0.15, 0.2) is 6.29 Å². The molecule has 6 aromatic rings. The van der Waals surface area contributed by atoms with E-state index in [0.29, 0.717) is 5.75 Å². The minimum Gasteiger partial charge on any atom is -0.497 e. The molecule has 1 aliphatic heterocycles. The lowest BCUT2D eigenvalue weighted by atomic mass is 9.83. The predicted octanol–water partition coefficient (Wildman–Crippen LogP) is 9.87. The Hall–Kier alpha value is -6.23. The number of benzene rings is 6. The maximum absolute atomic E-state index is 12.1. The molecular weight excluding hydrogens is 915 g/mol. The van der Waals surface area contributed by atoms with Crippen LogP contribution in [-0.2, 0) is 82.3 Å². The van der Waals surface area contributed by atoms with Gasteiger partial charge in [-0.05, 0) is 51.0 Å². The second kappa shape index (κ2) is 27.6. The summed E-state index contributed by atoms with van der Waals surface area (Å²) in [5.41, 5.74) is 15.6. The van der Waals surface area contributed by atoms with Crippen LogP contribution in [0.4, 0.5) is 0 Å². The molecule has 1 saturated carbocycles. The number of methoxy groups -OCH3 is 1. The summed E-state index contributed by atoms with van der Waals surface area (Å²) in [6, 6.07) is 55.1. The molecular formula is C58H63N3O11. The molecule has 14 nitrogen and oxygen atoms in total. The molecule has 11 atom stereocenters. The molecule has 0 unspecified atom stereocenters. The monoisotopic (exact) mass is 977 g/mol. The van der Waals surface area contributed by atoms with Crippen LogP contribution in [0.25, 0.3) is 10.4 Å². The van der Waals surface area contributed by atoms with E-state index in [4.69, 9.17) is 47.4 Å². The topological polar surface area (TPSA) is 161 Å². The lowest BCUT2D eigenvalue weighted by molar-refractivity contribution is -0.339. The van der Waals surface area contributed by atoms with Crippen molar-refractivity contribution in [2.45, 2.75) is 107 Å². The van der Waals surface area contributed by atoms with Gasteiger partial charge in [0.2, 0.25) is 0 Å². The van der Waals surface area contributed by atoms with E-state index in [1.165, 1.54) is 0 Å². The van der Waals surface area contributed by atoms with Gasteiger partial charge in [0, 0.05) is 4.91 Å². The maximum Gasteiger partial charge on any atom is 0.169 e. The van der Waals surface area contributed by atoms with E-state index >= 15 is 0 Å². The van der Waals surface area contributed by atoms with E-state index in [9.17, 15) is 10.6 Å². The molecule has 0 amide bonds. The number of aliphatic hydroxyl groups excluding tert-OH is 1. The third-order valence-corrected chi connectivity index (χ3v) is 12.6. The minimum absolute atomic E-state index is 0.0522. The first kappa shape index (κ1) is 52.1. The lowest BCUT2D eigenvalue weighted by Crippen LogP contribution is -2.69. The van der Waals surface area contributed by atoms with E-state index in [1.807, 2.05) is 176 Å². The first-order chi connectivity index (χ1) is 35.5. The summed E-state index contributed by atoms with van der Waals surface area (Å²) in [5, 5.41) is 16.4. The summed E-state index contributed by atoms with van der Waals surface area (Å²) in [5.74, 6) is 0.694. The van der Waals surface area contributed by atoms with Gasteiger partial charge < -0.3 is 52.5 Å². The molecule has 1 N–H and O–H groups in total. The van der Waals surface area contributed by atoms with Crippen LogP contribution < -0.4 is 4.74 Å². The second-order valence-electron chi connectivity index (χ2n) is 17.6. The van der Waals surface area contributed by atoms with Crippen molar-refractivity contribution in [3.63, 3.8) is 0 Å². The van der Waals surface area contributed by atoms with Gasteiger partial charge in [-0.25, -0.2) is 0 Å². The molecule has 0 radical (unpaired) electrons. The van der Waals surface area contributed by atoms with E-state index in [1.54, 1.807) is 13.2 Å². The largest absolute Gasteiger partial charge is 0.497 e. The zero-order chi connectivity index (χ0) is 49.7. The number of nitrogens with zero attached hydrogens (tertiary/aromatic N) is 3. The third kappa shape index (κ3) is 14.5. The van der Waals surface area contributed by atoms with Gasteiger partial charge in [-0.15, -0.1) is 6.58 Å². The molecule has 1 saturated heterocycles. The van der Waals surface area contributed by atoms with Gasteiger partial charge in [0.05, 0.1) is 66.1 Å². The average Bonchev–Trinajstić information content (AvgIpc) is 3.43. The van der Waals surface area contributed by atoms with Crippen molar-refractivity contribution in [3.05, 3.63) is 232 Å². The van der Waals surface area contributed by atoms with Gasteiger partial charge in [-0.1, -0.05) is 175 Å². The summed E-state index contributed by atoms with van der Waals surface area (Å²) < 4.78 is 67.3. The normalized spacial score (nSPS) is 25.0. The van der Waals surface area contributed by atoms with E-state index in [2.05, 4.69) is 16.6 Å². The van der Waals surface area contributed by atoms with Gasteiger partial charge in [-0.2, -0.15) is 0 Å². The predicted molar refractivity (Wildman–Crippen MR) is 270 cm³/mol. The van der Waals surface area contributed by atoms with Crippen molar-refractivity contribution in [1.29, 1.82) is 0 Å². The standard InChI is InChI=1S/C58H63N3O11/c1-3-33-65-52-53(67-36-43-23-13-6-14-24-43)54(68-37-44-25-15-7-16-26-44)56(69-38-45-27-17-8-18-28-45)57(55(52)70-39-46-29-31-47(63-2)32-30-46)72-58-49(60-61-59)51(66-35-42-21-11-5-12-22-42)50(62)48(71-58)40-64-34-41-19-9-4-10-20-41/h3-32,48-58,62H,1,33-40H2,2H3/t48-,49-,50-,51-,52-,53+,54-,55-,56+,57+,58-/m1/s1. The summed E-state index contributed by atoms with van der Waals surface area (Å²) in [7, 11) is 1.62. The highest BCUT2D eigenvalue weighted by Crippen LogP contribution is 2.39. The fourth-order valence-corrected chi connectivity index (χ4v) is 8.94. The van der Waals surface area contributed by atoms with Crippen molar-refractivity contribution >= 4 is 0 Å². The number of hydrogen-bond donors (Lipinski definition) is 1. The van der Waals surface area contributed by atoms with Gasteiger partial charge in [-0.3, -0.25) is 0 Å². The van der Waals surface area contributed by atoms with E-state index in [0.717, 1.165) is 33.4 Å². The highest BCUT2D eigenvalue weighted by Gasteiger charge is 2.57. The van der Waals surface area contributed by atoms with Crippen molar-refractivity contribution < 1.29 is 52.5 Å². The molecule has 1 heterocycles. The number of hydrogen-bond acceptors (Lipinski definition) is 12. The van der Waals surface area contributed by atoms with Crippen LogP contribution in [0, 0.1) is 0 Å². The highest BCUT2D eigenvalue weighted by molar-refractivity contribution is 5.27. The molecule has 8 rings (SSSR count). The molecule has 2 aliphatic rings. The molecule has 0 bridgehead atoms. The Morgan fingerprint density at radius 3 is 1.29 bits per heavy atom. The van der Waals surface area contributed by atoms with Gasteiger partial charge in [0.1, 0.15) is 60.6 Å². The highest BCUT2D eigenvalue weighted by atomic mass is 16.7. The third-order valence-electron chi connectivity index (χ3n) is 12.6. The van der Waals surface area contributed by atoms with Crippen LogP contribution in [0.2, 0.25) is 0 Å². The summed E-state index contributed by atoms with van der Waals surface area (Å²) >= 11 is 0. The Morgan fingerprint density at radius 1 is 0.514 bits per heavy atom. The van der Waals surface area contributed by atoms with Crippen molar-refractivity contribution in [3.8, 4) is 5.75 Å². The molecule has 0 aromatic heterocycles. The molecule has 2 fully saturated rings. The quantitative estimate of drug-likeness (QED) is 0.0238.